The smallest absolute Gasteiger partial charge is 0.419 e. The van der Waals surface area contributed by atoms with Crippen LogP contribution < -0.4 is 4.74 Å². The van der Waals surface area contributed by atoms with Gasteiger partial charge < -0.3 is 14.0 Å². The molecule has 0 N–H and O–H groups in total. The number of carbonyl (C=O) groups excluding carboxylic acids is 1. The van der Waals surface area contributed by atoms with Crippen molar-refractivity contribution in [3.8, 4) is 5.75 Å². The number of fused-ring (bicyclic) bond motifs is 5. The number of ether oxygens (including phenoxy) is 2. The predicted molar refractivity (Wildman–Crippen MR) is 112 cm³/mol. The van der Waals surface area contributed by atoms with Gasteiger partial charge in [0.25, 0.3) is 0 Å². The maximum atomic E-state index is 13.7. The summed E-state index contributed by atoms with van der Waals surface area (Å²) in [6, 6.07) is 2.71. The lowest BCUT2D eigenvalue weighted by molar-refractivity contribution is -0.140. The summed E-state index contributed by atoms with van der Waals surface area (Å²) in [6.07, 6.45) is 0.990. The van der Waals surface area contributed by atoms with Crippen LogP contribution in [0, 0.1) is 29.6 Å². The molecule has 5 atom stereocenters. The van der Waals surface area contributed by atoms with E-state index in [1.54, 1.807) is 0 Å². The molecule has 1 aromatic rings. The number of alkyl halides is 3. The molecule has 2 bridgehead atoms. The van der Waals surface area contributed by atoms with Gasteiger partial charge in [-0.2, -0.15) is 13.2 Å². The van der Waals surface area contributed by atoms with Gasteiger partial charge in [-0.3, -0.25) is 0 Å². The van der Waals surface area contributed by atoms with Gasteiger partial charge >= 0.3 is 12.1 Å². The van der Waals surface area contributed by atoms with E-state index in [1.165, 1.54) is 19.3 Å². The summed E-state index contributed by atoms with van der Waals surface area (Å²) in [4.78, 5) is 12.2. The minimum Gasteiger partial charge on any atom is -0.748 e. The second kappa shape index (κ2) is 8.45. The molecule has 3 saturated carbocycles. The van der Waals surface area contributed by atoms with Crippen LogP contribution in [0.15, 0.2) is 18.2 Å². The molecular formula is C23H28F3O6S-. The van der Waals surface area contributed by atoms with Crippen molar-refractivity contribution < 1.29 is 40.4 Å². The average Bonchev–Trinajstić information content (AvgIpc) is 3.39. The van der Waals surface area contributed by atoms with Gasteiger partial charge in [0.1, 0.15) is 18.0 Å². The van der Waals surface area contributed by atoms with E-state index in [2.05, 4.69) is 0 Å². The zero-order valence-electron chi connectivity index (χ0n) is 18.6. The van der Waals surface area contributed by atoms with Crippen molar-refractivity contribution in [2.45, 2.75) is 57.7 Å². The van der Waals surface area contributed by atoms with Crippen LogP contribution in [0.5, 0.6) is 5.75 Å². The van der Waals surface area contributed by atoms with Gasteiger partial charge in [-0.25, -0.2) is 13.2 Å². The van der Waals surface area contributed by atoms with Crippen molar-refractivity contribution in [1.82, 2.24) is 0 Å². The van der Waals surface area contributed by atoms with Crippen LogP contribution in [-0.2, 0) is 21.0 Å². The summed E-state index contributed by atoms with van der Waals surface area (Å²) in [5, 5.41) is 0. The molecule has 3 fully saturated rings. The van der Waals surface area contributed by atoms with Crippen LogP contribution in [0.2, 0.25) is 0 Å². The standard InChI is InChI=1S/C23H29F3O6S/c1-22(2,19-11-14-10-17(19)16-5-3-4-15(14)16)32-20-12-13(6-7-18(20)23(24,25)26)21(27)31-8-9-33(28,29)30/h6-7,12,14-17,19H,3-5,8-11H2,1-2H3,(H,28,29,30)/p-1. The first kappa shape index (κ1) is 24.3. The molecular weight excluding hydrogens is 461 g/mol. The Morgan fingerprint density at radius 1 is 1.12 bits per heavy atom. The third kappa shape index (κ3) is 5.01. The highest BCUT2D eigenvalue weighted by Crippen LogP contribution is 2.63. The number of hydrogen-bond donors (Lipinski definition) is 0. The van der Waals surface area contributed by atoms with Gasteiger partial charge in [-0.05, 0) is 81.4 Å². The third-order valence-corrected chi connectivity index (χ3v) is 8.45. The lowest BCUT2D eigenvalue weighted by atomic mass is 9.70. The fraction of sp³-hybridized carbons (Fsp3) is 0.696. The monoisotopic (exact) mass is 489 g/mol. The SMILES string of the molecule is CC(C)(Oc1cc(C(=O)OCCS(=O)(=O)[O-])ccc1C(F)(F)F)C1CC2CC1C1CCCC21. The average molecular weight is 490 g/mol. The van der Waals surface area contributed by atoms with Crippen LogP contribution in [0.4, 0.5) is 13.2 Å². The topological polar surface area (TPSA) is 92.7 Å². The molecule has 0 amide bonds. The Kier molecular flexibility index (Phi) is 6.22. The predicted octanol–water partition coefficient (Wildman–Crippen LogP) is 4.64. The summed E-state index contributed by atoms with van der Waals surface area (Å²) in [7, 11) is -4.58. The van der Waals surface area contributed by atoms with E-state index in [0.717, 1.165) is 37.0 Å². The zero-order chi connectivity index (χ0) is 24.2. The minimum absolute atomic E-state index is 0.126. The molecule has 33 heavy (non-hydrogen) atoms. The summed E-state index contributed by atoms with van der Waals surface area (Å²) >= 11 is 0. The molecule has 3 aliphatic rings. The van der Waals surface area contributed by atoms with Crippen molar-refractivity contribution in [3.63, 3.8) is 0 Å². The van der Waals surface area contributed by atoms with Crippen LogP contribution in [0.3, 0.4) is 0 Å². The molecule has 184 valence electrons. The summed E-state index contributed by atoms with van der Waals surface area (Å²) in [5.41, 5.74) is -2.07. The van der Waals surface area contributed by atoms with Crippen molar-refractivity contribution in [2.24, 2.45) is 29.6 Å². The second-order valence-corrected chi connectivity index (χ2v) is 11.6. The van der Waals surface area contributed by atoms with Gasteiger partial charge in [-0.15, -0.1) is 0 Å². The van der Waals surface area contributed by atoms with Crippen molar-refractivity contribution in [2.75, 3.05) is 12.4 Å². The van der Waals surface area contributed by atoms with Gasteiger partial charge in [0.2, 0.25) is 0 Å². The van der Waals surface area contributed by atoms with E-state index in [9.17, 15) is 30.9 Å². The lowest BCUT2D eigenvalue weighted by Gasteiger charge is -2.42. The highest BCUT2D eigenvalue weighted by Gasteiger charge is 2.58. The van der Waals surface area contributed by atoms with Crippen molar-refractivity contribution >= 4 is 16.1 Å². The van der Waals surface area contributed by atoms with Gasteiger partial charge in [0.05, 0.1) is 27.0 Å². The number of rotatable bonds is 7. The first-order valence-electron chi connectivity index (χ1n) is 11.3. The van der Waals surface area contributed by atoms with Gasteiger partial charge in [-0.1, -0.05) is 6.42 Å². The number of benzene rings is 1. The Morgan fingerprint density at radius 3 is 2.48 bits per heavy atom. The Bertz CT molecular complexity index is 1020. The quantitative estimate of drug-likeness (QED) is 0.409. The lowest BCUT2D eigenvalue weighted by Crippen LogP contribution is -2.43. The molecule has 0 radical (unpaired) electrons. The molecule has 0 saturated heterocycles. The molecule has 0 aliphatic heterocycles. The molecule has 0 aromatic heterocycles. The Hall–Kier alpha value is -1.81. The molecule has 5 unspecified atom stereocenters. The van der Waals surface area contributed by atoms with Crippen LogP contribution in [0.25, 0.3) is 0 Å². The molecule has 10 heteroatoms. The van der Waals surface area contributed by atoms with Crippen molar-refractivity contribution in [1.29, 1.82) is 0 Å². The summed E-state index contributed by atoms with van der Waals surface area (Å²) in [6.45, 7) is 2.94. The Balaban J connectivity index is 1.55. The highest BCUT2D eigenvalue weighted by atomic mass is 32.2. The molecule has 0 spiro atoms. The van der Waals surface area contributed by atoms with E-state index in [4.69, 9.17) is 9.47 Å². The van der Waals surface area contributed by atoms with E-state index in [0.29, 0.717) is 17.8 Å². The summed E-state index contributed by atoms with van der Waals surface area (Å²) in [5.74, 6) is 0.141. The van der Waals surface area contributed by atoms with Crippen LogP contribution in [-0.4, -0.2) is 36.9 Å². The number of hydrogen-bond acceptors (Lipinski definition) is 6. The summed E-state index contributed by atoms with van der Waals surface area (Å²) < 4.78 is 83.9. The largest absolute Gasteiger partial charge is 0.748 e. The van der Waals surface area contributed by atoms with E-state index < -0.39 is 51.5 Å². The Morgan fingerprint density at radius 2 is 1.82 bits per heavy atom. The highest BCUT2D eigenvalue weighted by molar-refractivity contribution is 7.85. The number of esters is 1. The number of carbonyl (C=O) groups is 1. The third-order valence-electron chi connectivity index (χ3n) is 7.78. The molecule has 3 aliphatic carbocycles. The van der Waals surface area contributed by atoms with E-state index in [1.807, 2.05) is 13.8 Å². The maximum absolute atomic E-state index is 13.7. The molecule has 4 rings (SSSR count). The zero-order valence-corrected chi connectivity index (χ0v) is 19.4. The molecule has 6 nitrogen and oxygen atoms in total. The second-order valence-electron chi connectivity index (χ2n) is 10.1. The minimum atomic E-state index is -4.68. The fourth-order valence-corrected chi connectivity index (χ4v) is 6.80. The van der Waals surface area contributed by atoms with Crippen molar-refractivity contribution in [3.05, 3.63) is 29.3 Å². The normalized spacial score (nSPS) is 29.2. The first-order chi connectivity index (χ1) is 15.3. The van der Waals surface area contributed by atoms with Gasteiger partial charge in [0, 0.05) is 5.92 Å². The van der Waals surface area contributed by atoms with E-state index >= 15 is 0 Å². The van der Waals surface area contributed by atoms with Gasteiger partial charge in [0.15, 0.2) is 0 Å². The van der Waals surface area contributed by atoms with Crippen LogP contribution in [0.1, 0.15) is 61.9 Å². The fourth-order valence-electron chi connectivity index (χ4n) is 6.51. The Labute approximate surface area is 191 Å². The maximum Gasteiger partial charge on any atom is 0.419 e. The van der Waals surface area contributed by atoms with E-state index in [-0.39, 0.29) is 11.5 Å². The van der Waals surface area contributed by atoms with Crippen LogP contribution >= 0.6 is 0 Å². The molecule has 1 aromatic carbocycles. The molecule has 0 heterocycles. The number of halogens is 3. The first-order valence-corrected chi connectivity index (χ1v) is 12.8.